The molecule has 0 radical (unpaired) electrons. The van der Waals surface area contributed by atoms with E-state index in [1.54, 1.807) is 0 Å². The summed E-state index contributed by atoms with van der Waals surface area (Å²) in [6, 6.07) is -2.07. The summed E-state index contributed by atoms with van der Waals surface area (Å²) in [5, 5.41) is 63.8. The van der Waals surface area contributed by atoms with E-state index in [1.165, 1.54) is 6.92 Å². The number of esters is 1. The molecular formula is C14H29ClN2O11. The maximum Gasteiger partial charge on any atom is 0.304 e. The number of ether oxygens (including phenoxy) is 3. The van der Waals surface area contributed by atoms with E-state index in [0.717, 1.165) is 0 Å². The van der Waals surface area contributed by atoms with Crippen molar-refractivity contribution in [3.63, 3.8) is 0 Å². The number of nitrogens with two attached hydrogens (primary N) is 2. The third-order valence-corrected chi connectivity index (χ3v) is 4.16. The summed E-state index contributed by atoms with van der Waals surface area (Å²) in [6.07, 6.45) is -9.62. The average Bonchev–Trinajstić information content (AvgIpc) is 2.63. The first-order valence-corrected chi connectivity index (χ1v) is 8.16. The van der Waals surface area contributed by atoms with Crippen LogP contribution >= 0.6 is 12.4 Å². The third-order valence-electron chi connectivity index (χ3n) is 4.16. The Hall–Kier alpha value is -0.680. The Morgan fingerprint density at radius 3 is 1.71 bits per heavy atom. The van der Waals surface area contributed by atoms with Crippen LogP contribution in [0.4, 0.5) is 0 Å². The first kappa shape index (κ1) is 27.3. The van der Waals surface area contributed by atoms with Gasteiger partial charge in [0, 0.05) is 6.92 Å². The topological polar surface area (TPSA) is 238 Å². The van der Waals surface area contributed by atoms with E-state index in [0.29, 0.717) is 0 Å². The molecule has 14 heteroatoms. The molecule has 2 heterocycles. The Bertz CT molecular complexity index is 470. The van der Waals surface area contributed by atoms with Crippen LogP contribution in [0.1, 0.15) is 6.92 Å². The number of aliphatic hydroxyl groups excluding tert-OH is 7. The first-order chi connectivity index (χ1) is 12.5. The largest absolute Gasteiger partial charge is 0.434 e. The zero-order valence-corrected chi connectivity index (χ0v) is 15.8. The fourth-order valence-corrected chi connectivity index (χ4v) is 2.49. The van der Waals surface area contributed by atoms with Gasteiger partial charge in [-0.1, -0.05) is 0 Å². The van der Waals surface area contributed by atoms with E-state index in [2.05, 4.69) is 4.74 Å². The molecule has 0 spiro atoms. The minimum Gasteiger partial charge on any atom is -0.434 e. The molecule has 10 atom stereocenters. The van der Waals surface area contributed by atoms with E-state index in [9.17, 15) is 25.2 Å². The van der Waals surface area contributed by atoms with Gasteiger partial charge in [0.1, 0.15) is 36.6 Å². The smallest absolute Gasteiger partial charge is 0.304 e. The standard InChI is InChI=1S/C8H15NO6.C6H13NO5.ClH/c1-3(11)14-8-5(9)7(13)6(12)4(2-10)15-8;7-3-5(10)4(9)2(1-8)12-6(3)11;/h4-8,10,12-13H,2,9H2,1H3;2-6,8-11H,1,7H2;1H/t4-,5-,6-,7-,8?;2-,3-,4-,5-,6?;/m11./s1. The number of hydrogen-bond acceptors (Lipinski definition) is 13. The van der Waals surface area contributed by atoms with Crippen molar-refractivity contribution in [2.45, 2.75) is 68.2 Å². The molecule has 2 aliphatic heterocycles. The summed E-state index contributed by atoms with van der Waals surface area (Å²) in [6.45, 7) is 0.201. The predicted octanol–water partition coefficient (Wildman–Crippen LogP) is -5.52. The van der Waals surface area contributed by atoms with E-state index in [4.69, 9.17) is 36.3 Å². The van der Waals surface area contributed by atoms with Gasteiger partial charge in [-0.05, 0) is 0 Å². The van der Waals surface area contributed by atoms with Gasteiger partial charge in [-0.25, -0.2) is 0 Å². The summed E-state index contributed by atoms with van der Waals surface area (Å²) in [7, 11) is 0. The molecule has 13 nitrogen and oxygen atoms in total. The van der Waals surface area contributed by atoms with Crippen LogP contribution in [0.25, 0.3) is 0 Å². The van der Waals surface area contributed by atoms with Gasteiger partial charge < -0.3 is 61.4 Å². The lowest BCUT2D eigenvalue weighted by Gasteiger charge is -2.39. The highest BCUT2D eigenvalue weighted by atomic mass is 35.5. The molecule has 2 fully saturated rings. The van der Waals surface area contributed by atoms with Crippen LogP contribution in [0.5, 0.6) is 0 Å². The first-order valence-electron chi connectivity index (χ1n) is 8.16. The Kier molecular flexibility index (Phi) is 11.8. The molecule has 2 rings (SSSR count). The Balaban J connectivity index is 0.000000514. The van der Waals surface area contributed by atoms with E-state index in [1.807, 2.05) is 0 Å². The Labute approximate surface area is 166 Å². The zero-order valence-electron chi connectivity index (χ0n) is 15.0. The fraction of sp³-hybridized carbons (Fsp3) is 0.929. The van der Waals surface area contributed by atoms with Crippen molar-refractivity contribution in [2.24, 2.45) is 11.5 Å². The van der Waals surface area contributed by atoms with Gasteiger partial charge in [0.15, 0.2) is 6.29 Å². The normalized spacial score (nSPS) is 43.2. The van der Waals surface area contributed by atoms with Crippen molar-refractivity contribution in [1.82, 2.24) is 0 Å². The van der Waals surface area contributed by atoms with Crippen LogP contribution in [0.2, 0.25) is 0 Å². The lowest BCUT2D eigenvalue weighted by Crippen LogP contribution is -2.62. The van der Waals surface area contributed by atoms with Crippen molar-refractivity contribution in [3.8, 4) is 0 Å². The number of carbonyl (C=O) groups excluding carboxylic acids is 1. The van der Waals surface area contributed by atoms with Gasteiger partial charge in [-0.15, -0.1) is 12.4 Å². The molecule has 2 unspecified atom stereocenters. The van der Waals surface area contributed by atoms with Crippen LogP contribution in [0.15, 0.2) is 0 Å². The second-order valence-corrected chi connectivity index (χ2v) is 6.20. The predicted molar refractivity (Wildman–Crippen MR) is 92.7 cm³/mol. The molecule has 0 saturated carbocycles. The summed E-state index contributed by atoms with van der Waals surface area (Å²) in [5.41, 5.74) is 10.7. The van der Waals surface area contributed by atoms with E-state index in [-0.39, 0.29) is 12.4 Å². The summed E-state index contributed by atoms with van der Waals surface area (Å²) >= 11 is 0. The number of aliphatic hydroxyl groups is 7. The Morgan fingerprint density at radius 2 is 1.29 bits per heavy atom. The number of rotatable bonds is 3. The van der Waals surface area contributed by atoms with Crippen LogP contribution < -0.4 is 11.5 Å². The van der Waals surface area contributed by atoms with Crippen LogP contribution in [-0.4, -0.2) is 116 Å². The van der Waals surface area contributed by atoms with Crippen LogP contribution in [-0.2, 0) is 19.0 Å². The third kappa shape index (κ3) is 6.69. The van der Waals surface area contributed by atoms with Gasteiger partial charge in [-0.2, -0.15) is 0 Å². The van der Waals surface area contributed by atoms with Crippen molar-refractivity contribution < 1.29 is 54.8 Å². The van der Waals surface area contributed by atoms with Gasteiger partial charge in [0.25, 0.3) is 0 Å². The maximum absolute atomic E-state index is 10.7. The fourth-order valence-electron chi connectivity index (χ4n) is 2.49. The lowest BCUT2D eigenvalue weighted by molar-refractivity contribution is -0.258. The monoisotopic (exact) mass is 436 g/mol. The molecule has 28 heavy (non-hydrogen) atoms. The summed E-state index contributed by atoms with van der Waals surface area (Å²) in [5.74, 6) is -0.615. The quantitative estimate of drug-likeness (QED) is 0.188. The maximum atomic E-state index is 10.7. The van der Waals surface area contributed by atoms with Gasteiger partial charge in [-0.3, -0.25) is 4.79 Å². The molecule has 0 amide bonds. The SMILES string of the molecule is CC(=O)OC1O[C@H](CO)[C@@H](O)[C@H](O)[C@H]1N.Cl.N[C@H]1C(O)O[C@H](CO)[C@@H](O)[C@@H]1O. The highest BCUT2D eigenvalue weighted by Gasteiger charge is 2.44. The minimum absolute atomic E-state index is 0. The second-order valence-electron chi connectivity index (χ2n) is 6.20. The molecule has 168 valence electrons. The minimum atomic E-state index is -1.35. The van der Waals surface area contributed by atoms with Crippen molar-refractivity contribution in [3.05, 3.63) is 0 Å². The molecule has 0 aromatic carbocycles. The number of halogens is 1. The number of hydrogen-bond donors (Lipinski definition) is 9. The highest BCUT2D eigenvalue weighted by molar-refractivity contribution is 5.85. The Morgan fingerprint density at radius 1 is 0.857 bits per heavy atom. The van der Waals surface area contributed by atoms with E-state index >= 15 is 0 Å². The summed E-state index contributed by atoms with van der Waals surface area (Å²) < 4.78 is 14.4. The second kappa shape index (κ2) is 12.1. The zero-order chi connectivity index (χ0) is 20.9. The van der Waals surface area contributed by atoms with Gasteiger partial charge in [0.05, 0.1) is 25.3 Å². The number of carbonyl (C=O) groups is 1. The highest BCUT2D eigenvalue weighted by Crippen LogP contribution is 2.20. The molecule has 11 N–H and O–H groups in total. The van der Waals surface area contributed by atoms with Crippen molar-refractivity contribution >= 4 is 18.4 Å². The van der Waals surface area contributed by atoms with Gasteiger partial charge in [0.2, 0.25) is 6.29 Å². The molecule has 2 aliphatic rings. The molecule has 0 aromatic heterocycles. The average molecular weight is 437 g/mol. The molecule has 0 aliphatic carbocycles. The van der Waals surface area contributed by atoms with Crippen molar-refractivity contribution in [1.29, 1.82) is 0 Å². The lowest BCUT2D eigenvalue weighted by atomic mass is 9.98. The van der Waals surface area contributed by atoms with Crippen LogP contribution in [0, 0.1) is 0 Å². The molecule has 2 saturated heterocycles. The van der Waals surface area contributed by atoms with Crippen LogP contribution in [0.3, 0.4) is 0 Å². The van der Waals surface area contributed by atoms with Gasteiger partial charge >= 0.3 is 5.97 Å². The van der Waals surface area contributed by atoms with Crippen molar-refractivity contribution in [2.75, 3.05) is 13.2 Å². The molecular weight excluding hydrogens is 408 g/mol. The molecule has 0 bridgehead atoms. The van der Waals surface area contributed by atoms with E-state index < -0.39 is 80.5 Å². The summed E-state index contributed by atoms with van der Waals surface area (Å²) in [4.78, 5) is 10.7. The molecule has 0 aromatic rings.